The van der Waals surface area contributed by atoms with Gasteiger partial charge < -0.3 is 14.6 Å². The summed E-state index contributed by atoms with van der Waals surface area (Å²) in [7, 11) is 0. The van der Waals surface area contributed by atoms with Crippen molar-refractivity contribution in [2.45, 2.75) is 25.0 Å². The molecule has 1 aromatic rings. The minimum absolute atomic E-state index is 0.0402. The van der Waals surface area contributed by atoms with Crippen molar-refractivity contribution in [1.82, 2.24) is 4.90 Å². The monoisotopic (exact) mass is 430 g/mol. The molecule has 1 heterocycles. The third-order valence-corrected chi connectivity index (χ3v) is 4.69. The maximum Gasteiger partial charge on any atom is 0.307 e. The van der Waals surface area contributed by atoms with E-state index in [1.54, 1.807) is 24.3 Å². The van der Waals surface area contributed by atoms with Crippen LogP contribution in [0.15, 0.2) is 35.4 Å². The van der Waals surface area contributed by atoms with Gasteiger partial charge in [0.05, 0.1) is 24.7 Å². The molecule has 1 aromatic carbocycles. The molecule has 7 nitrogen and oxygen atoms in total. The topological polar surface area (TPSA) is 88.4 Å². The van der Waals surface area contributed by atoms with Gasteiger partial charge in [-0.05, 0) is 31.5 Å². The lowest BCUT2D eigenvalue weighted by Crippen LogP contribution is -2.43. The number of carboxylic acids is 1. The van der Waals surface area contributed by atoms with Crippen molar-refractivity contribution in [1.29, 1.82) is 0 Å². The summed E-state index contributed by atoms with van der Waals surface area (Å²) in [4.78, 5) is 22.9. The first-order valence-corrected chi connectivity index (χ1v) is 9.97. The van der Waals surface area contributed by atoms with Gasteiger partial charge in [-0.2, -0.15) is 0 Å². The molecule has 1 saturated heterocycles. The molecule has 2 rings (SSSR count). The fourth-order valence-electron chi connectivity index (χ4n) is 2.52. The van der Waals surface area contributed by atoms with Crippen LogP contribution in [0.3, 0.4) is 0 Å². The van der Waals surface area contributed by atoms with Gasteiger partial charge in [0.1, 0.15) is 12.4 Å². The van der Waals surface area contributed by atoms with E-state index < -0.39 is 5.97 Å². The van der Waals surface area contributed by atoms with E-state index in [1.165, 1.54) is 0 Å². The molecule has 0 aromatic heterocycles. The van der Waals surface area contributed by atoms with E-state index in [9.17, 15) is 9.70 Å². The zero-order valence-corrected chi connectivity index (χ0v) is 17.8. The average Bonchev–Trinajstić information content (AvgIpc) is 2.61. The van der Waals surface area contributed by atoms with Gasteiger partial charge >= 0.3 is 5.97 Å². The predicted molar refractivity (Wildman–Crippen MR) is 113 cm³/mol. The molecule has 0 radical (unpaired) electrons. The molecule has 0 bridgehead atoms. The smallest absolute Gasteiger partial charge is 0.307 e. The Bertz CT molecular complexity index is 651. The summed E-state index contributed by atoms with van der Waals surface area (Å²) >= 11 is 7.01. The highest BCUT2D eigenvalue weighted by Gasteiger charge is 2.24. The summed E-state index contributed by atoms with van der Waals surface area (Å²) < 4.78 is 13.3. The minimum atomic E-state index is -0.883. The molecule has 0 atom stereocenters. The van der Waals surface area contributed by atoms with E-state index in [1.807, 2.05) is 13.8 Å². The van der Waals surface area contributed by atoms with Crippen molar-refractivity contribution < 1.29 is 19.4 Å². The molecule has 1 aliphatic heterocycles. The number of nitrogens with zero attached hydrogens (tertiary/aromatic N) is 2. The van der Waals surface area contributed by atoms with Crippen LogP contribution >= 0.6 is 23.5 Å². The first-order chi connectivity index (χ1) is 13.3. The lowest BCUT2D eigenvalue weighted by molar-refractivity contribution is -0.136. The van der Waals surface area contributed by atoms with E-state index in [4.69, 9.17) is 26.2 Å². The van der Waals surface area contributed by atoms with E-state index in [0.717, 1.165) is 44.8 Å². The van der Waals surface area contributed by atoms with Crippen molar-refractivity contribution in [2.75, 3.05) is 39.5 Å². The number of hydrogen-bond donors (Lipinski definition) is 1. The summed E-state index contributed by atoms with van der Waals surface area (Å²) in [5, 5.41) is 8.99. The summed E-state index contributed by atoms with van der Waals surface area (Å²) in [5.74, 6) is -0.350. The Morgan fingerprint density at radius 2 is 2.14 bits per heavy atom. The lowest BCUT2D eigenvalue weighted by atomic mass is 10.1. The molecular formula is C19H27ClN2O5S. The van der Waals surface area contributed by atoms with E-state index >= 15 is 0 Å². The Morgan fingerprint density at radius 1 is 1.46 bits per heavy atom. The van der Waals surface area contributed by atoms with Crippen LogP contribution in [0.25, 0.3) is 0 Å². The van der Waals surface area contributed by atoms with Gasteiger partial charge in [0.15, 0.2) is 0 Å². The molecule has 1 N–H and O–H groups in total. The molecule has 0 unspecified atom stereocenters. The zero-order valence-electron chi connectivity index (χ0n) is 16.2. The molecule has 0 aliphatic carbocycles. The second kappa shape index (κ2) is 12.8. The number of aliphatic carboxylic acids is 1. The highest BCUT2D eigenvalue weighted by molar-refractivity contribution is 7.99. The second-order valence-corrected chi connectivity index (χ2v) is 8.59. The van der Waals surface area contributed by atoms with Gasteiger partial charge in [0.2, 0.25) is 0 Å². The molecule has 0 saturated carbocycles. The highest BCUT2D eigenvalue weighted by atomic mass is 35.5. The lowest BCUT2D eigenvalue weighted by Gasteiger charge is -2.32. The molecule has 0 spiro atoms. The largest absolute Gasteiger partial charge is 0.488 e. The van der Waals surface area contributed by atoms with Gasteiger partial charge in [0.25, 0.3) is 0 Å². The maximum absolute atomic E-state index is 10.4. The van der Waals surface area contributed by atoms with Crippen LogP contribution < -0.4 is 4.74 Å². The van der Waals surface area contributed by atoms with Crippen molar-refractivity contribution in [2.24, 2.45) is 4.58 Å². The predicted octanol–water partition coefficient (Wildman–Crippen LogP) is 4.04. The number of morpholine rings is 1. The van der Waals surface area contributed by atoms with Crippen molar-refractivity contribution in [3.63, 3.8) is 0 Å². The molecule has 1 fully saturated rings. The SMILES string of the molecule is C=CCOc1ccc(CC(=O)O)cc1Cl.CC(C)(CN1CCOCC1)SN=O. The number of halogens is 1. The summed E-state index contributed by atoms with van der Waals surface area (Å²) in [6.45, 7) is 12.4. The van der Waals surface area contributed by atoms with Gasteiger partial charge in [-0.1, -0.05) is 30.3 Å². The van der Waals surface area contributed by atoms with Gasteiger partial charge in [0, 0.05) is 40.9 Å². The Labute approximate surface area is 175 Å². The molecular weight excluding hydrogens is 404 g/mol. The number of hydrogen-bond acceptors (Lipinski definition) is 7. The second-order valence-electron chi connectivity index (χ2n) is 6.75. The summed E-state index contributed by atoms with van der Waals surface area (Å²) in [6.07, 6.45) is 1.57. The third-order valence-electron chi connectivity index (χ3n) is 3.70. The first kappa shape index (κ1) is 24.4. The number of nitroso groups, excluding NO2 is 1. The first-order valence-electron chi connectivity index (χ1n) is 8.82. The molecule has 9 heteroatoms. The van der Waals surface area contributed by atoms with Crippen LogP contribution in [0.1, 0.15) is 19.4 Å². The Hall–Kier alpha value is -1.61. The molecule has 156 valence electrons. The van der Waals surface area contributed by atoms with Crippen LogP contribution in [-0.2, 0) is 16.0 Å². The van der Waals surface area contributed by atoms with Crippen molar-refractivity contribution >= 4 is 29.5 Å². The Kier molecular flexibility index (Phi) is 11.1. The van der Waals surface area contributed by atoms with E-state index in [-0.39, 0.29) is 11.2 Å². The molecule has 0 amide bonds. The quantitative estimate of drug-likeness (QED) is 0.359. The number of carboxylic acid groups (broad SMARTS) is 1. The fraction of sp³-hybridized carbons (Fsp3) is 0.526. The Morgan fingerprint density at radius 3 is 2.68 bits per heavy atom. The van der Waals surface area contributed by atoms with Crippen LogP contribution in [0.2, 0.25) is 5.02 Å². The van der Waals surface area contributed by atoms with Gasteiger partial charge in [-0.15, -0.1) is 4.91 Å². The average molecular weight is 431 g/mol. The van der Waals surface area contributed by atoms with Crippen LogP contribution in [0, 0.1) is 4.91 Å². The van der Waals surface area contributed by atoms with Crippen LogP contribution in [-0.4, -0.2) is 60.2 Å². The van der Waals surface area contributed by atoms with E-state index in [0.29, 0.717) is 22.9 Å². The zero-order chi connectivity index (χ0) is 21.0. The summed E-state index contributed by atoms with van der Waals surface area (Å²) in [6, 6.07) is 4.93. The number of rotatable bonds is 9. The standard InChI is InChI=1S/C11H11ClO3.C8H16N2O2S/c1-2-5-15-10-4-3-8(6-9(10)12)7-11(13)14;1-8(2,13-9-11)7-10-3-5-12-6-4-10/h2-4,6H,1,5,7H2,(H,13,14);3-7H2,1-2H3. The molecule has 28 heavy (non-hydrogen) atoms. The Balaban J connectivity index is 0.000000283. The normalized spacial score (nSPS) is 14.5. The number of carbonyl (C=O) groups is 1. The third kappa shape index (κ3) is 10.1. The minimum Gasteiger partial charge on any atom is -0.488 e. The van der Waals surface area contributed by atoms with Crippen molar-refractivity contribution in [3.05, 3.63) is 46.3 Å². The van der Waals surface area contributed by atoms with E-state index in [2.05, 4.69) is 16.1 Å². The van der Waals surface area contributed by atoms with Gasteiger partial charge in [-0.3, -0.25) is 9.69 Å². The van der Waals surface area contributed by atoms with Crippen LogP contribution in [0.5, 0.6) is 5.75 Å². The molecule has 1 aliphatic rings. The van der Waals surface area contributed by atoms with Crippen molar-refractivity contribution in [3.8, 4) is 5.75 Å². The summed E-state index contributed by atoms with van der Waals surface area (Å²) in [5.41, 5.74) is 0.651. The highest BCUT2D eigenvalue weighted by Crippen LogP contribution is 2.26. The van der Waals surface area contributed by atoms with Crippen LogP contribution in [0.4, 0.5) is 0 Å². The fourth-order valence-corrected chi connectivity index (χ4v) is 3.22. The maximum atomic E-state index is 10.4. The number of ether oxygens (including phenoxy) is 2. The number of benzene rings is 1. The van der Waals surface area contributed by atoms with Gasteiger partial charge in [-0.25, -0.2) is 0 Å².